The van der Waals surface area contributed by atoms with Gasteiger partial charge in [-0.2, -0.15) is 0 Å². The van der Waals surface area contributed by atoms with Crippen LogP contribution >= 0.6 is 0 Å². The van der Waals surface area contributed by atoms with Crippen molar-refractivity contribution in [1.82, 2.24) is 39.9 Å². The van der Waals surface area contributed by atoms with Crippen LogP contribution in [0.15, 0.2) is 340 Å². The van der Waals surface area contributed by atoms with Crippen molar-refractivity contribution in [3.63, 3.8) is 0 Å². The molecule has 0 atom stereocenters. The fourth-order valence-electron chi connectivity index (χ4n) is 27.8. The minimum Gasteiger partial charge on any atom is -0.478 e. The smallest absolute Gasteiger partial charge is 0.335 e. The Balaban J connectivity index is 0.000000206. The molecule has 0 aliphatic heterocycles. The number of carbonyl (C=O) groups is 4. The molecule has 20 aromatic rings. The van der Waals surface area contributed by atoms with Gasteiger partial charge in [-0.3, -0.25) is 0 Å². The van der Waals surface area contributed by atoms with Crippen molar-refractivity contribution >= 4 is 114 Å². The van der Waals surface area contributed by atoms with E-state index in [9.17, 15) is 39.6 Å². The number of aromatic nitrogens is 8. The molecule has 0 saturated heterocycles. The first kappa shape index (κ1) is 90.9. The number of rotatable bonds is 20. The second-order valence-electron chi connectivity index (χ2n) is 42.8. The van der Waals surface area contributed by atoms with Gasteiger partial charge in [0.1, 0.15) is 23.3 Å². The number of hydrogen-bond acceptors (Lipinski definition) is 16. The van der Waals surface area contributed by atoms with Gasteiger partial charge in [-0.25, -0.2) is 39.1 Å². The number of nitrogen functional groups attached to an aromatic ring is 8. The number of nitrogens with one attached hydrogen (secondary N) is 4. The van der Waals surface area contributed by atoms with Crippen LogP contribution in [0.2, 0.25) is 0 Å². The predicted octanol–water partition coefficient (Wildman–Crippen LogP) is 24.5. The van der Waals surface area contributed by atoms with Crippen molar-refractivity contribution in [3.05, 3.63) is 406 Å². The van der Waals surface area contributed by atoms with E-state index in [2.05, 4.69) is 190 Å². The number of nitrogens with two attached hydrogens (primary N) is 8. The first-order chi connectivity index (χ1) is 71.4. The fourth-order valence-corrected chi connectivity index (χ4v) is 27.8. The Kier molecular flexibility index (Phi) is 20.7. The first-order valence-electron chi connectivity index (χ1n) is 49.8. The number of fused-ring (bicyclic) bond motifs is 4. The zero-order chi connectivity index (χ0) is 101. The highest BCUT2D eigenvalue weighted by molar-refractivity contribution is 5.94. The quantitative estimate of drug-likeness (QED) is 0.0315. The van der Waals surface area contributed by atoms with Gasteiger partial charge >= 0.3 is 23.9 Å². The average molecular weight is 1950 g/mol. The number of benzene rings is 16. The molecule has 8 saturated carbocycles. The standard InChI is InChI=1S/C86H72N16.C38H32O8/c87-63-25-9-51(33-67(63)91)55-13-29-71-75(37-55)99-79(95-71)47-1-17-59(18-2-47)83-41-84(60-19-3-48(4-20-60)80-96-72-30-14-56(38-76(72)100-80)52-10-26-64(88)68(92)34-52)44-85(42-83,61-21-5-49(6-22-61)81-97-73-31-15-57(39-77(73)101-81)53-11-27-65(89)69(93)35-53)46-86(43-83,45-84)62-23-7-50(8-24-62)82-98-74-32-16-58(40-78(74)102-82)54-12-28-66(90)70(94)36-54;39-31(40)23-1-9-27(10-2-23)35-17-36(28-11-3-24(4-12-28)32(41)42)20-37(18-35,29-13-5-25(6-14-29)33(43)44)22-38(19-35,21-36)30-15-7-26(8-16-30)34(45)46/h1-40H,41-46,87-94H2,(H,95,99)(H,96,100)(H,97,101)(H,98,102);1-16H,17-22H2,(H,39,40)(H,41,42)(H,43,44)(H,45,46). The van der Waals surface area contributed by atoms with E-state index in [1.807, 2.05) is 121 Å². The minimum absolute atomic E-state index is 0.199. The second-order valence-corrected chi connectivity index (χ2v) is 42.8. The molecule has 24 heteroatoms. The Morgan fingerprint density at radius 3 is 0.480 bits per heavy atom. The third kappa shape index (κ3) is 15.3. The number of anilines is 8. The summed E-state index contributed by atoms with van der Waals surface area (Å²) >= 11 is 0. The highest BCUT2D eigenvalue weighted by Gasteiger charge is 2.71. The lowest BCUT2D eigenvalue weighted by Crippen LogP contribution is -2.67. The molecule has 148 heavy (non-hydrogen) atoms. The monoisotopic (exact) mass is 1940 g/mol. The highest BCUT2D eigenvalue weighted by Crippen LogP contribution is 2.77. The summed E-state index contributed by atoms with van der Waals surface area (Å²) in [5.74, 6) is -0.765. The second kappa shape index (κ2) is 33.7. The molecule has 0 unspecified atom stereocenters. The van der Waals surface area contributed by atoms with Crippen molar-refractivity contribution in [3.8, 4) is 90.1 Å². The van der Waals surface area contributed by atoms with Crippen molar-refractivity contribution in [2.75, 3.05) is 45.9 Å². The van der Waals surface area contributed by atoms with Gasteiger partial charge in [-0.05, 0) is 355 Å². The van der Waals surface area contributed by atoms with E-state index in [0.29, 0.717) is 45.5 Å². The lowest BCUT2D eigenvalue weighted by molar-refractivity contribution is -0.0694. The Morgan fingerprint density at radius 2 is 0.324 bits per heavy atom. The third-order valence-corrected chi connectivity index (χ3v) is 33.8. The van der Waals surface area contributed by atoms with Crippen LogP contribution in [0.1, 0.15) is 163 Å². The molecule has 24 nitrogen and oxygen atoms in total. The molecule has 28 rings (SSSR count). The first-order valence-corrected chi connectivity index (χ1v) is 49.8. The molecular formula is C124H104N16O8. The summed E-state index contributed by atoms with van der Waals surface area (Å²) in [5.41, 5.74) is 81.0. The number of carboxylic acid groups (broad SMARTS) is 4. The molecule has 8 aliphatic rings. The summed E-state index contributed by atoms with van der Waals surface area (Å²) in [6.45, 7) is 0. The number of H-pyrrole nitrogens is 4. The van der Waals surface area contributed by atoms with E-state index >= 15 is 0 Å². The lowest BCUT2D eigenvalue weighted by Gasteiger charge is -2.71. The molecule has 4 aromatic heterocycles. The van der Waals surface area contributed by atoms with Crippen LogP contribution in [-0.2, 0) is 43.3 Å². The van der Waals surface area contributed by atoms with Crippen LogP contribution in [0.4, 0.5) is 45.5 Å². The van der Waals surface area contributed by atoms with Crippen molar-refractivity contribution in [2.24, 2.45) is 0 Å². The largest absolute Gasteiger partial charge is 0.478 e. The number of aromatic amines is 4. The van der Waals surface area contributed by atoms with Crippen molar-refractivity contribution in [1.29, 1.82) is 0 Å². The number of imidazole rings is 4. The molecular weight excluding hydrogens is 1840 g/mol. The normalized spacial score (nSPS) is 21.8. The van der Waals surface area contributed by atoms with E-state index < -0.39 is 45.5 Å². The predicted molar refractivity (Wildman–Crippen MR) is 586 cm³/mol. The molecule has 4 heterocycles. The molecule has 0 spiro atoms. The van der Waals surface area contributed by atoms with E-state index in [4.69, 9.17) is 65.8 Å². The van der Waals surface area contributed by atoms with E-state index in [-0.39, 0.29) is 43.9 Å². The number of nitrogens with zero attached hydrogens (tertiary/aromatic N) is 4. The van der Waals surface area contributed by atoms with E-state index in [0.717, 1.165) is 233 Å². The van der Waals surface area contributed by atoms with Gasteiger partial charge in [0.2, 0.25) is 0 Å². The van der Waals surface area contributed by atoms with Crippen LogP contribution < -0.4 is 45.9 Å². The van der Waals surface area contributed by atoms with Gasteiger partial charge in [0.15, 0.2) is 0 Å². The van der Waals surface area contributed by atoms with Crippen LogP contribution in [0.25, 0.3) is 134 Å². The summed E-state index contributed by atoms with van der Waals surface area (Å²) in [6.07, 6.45) is 10.4. The summed E-state index contributed by atoms with van der Waals surface area (Å²) < 4.78 is 0. The Bertz CT molecular complexity index is 7760. The minimum atomic E-state index is -1.00. The summed E-state index contributed by atoms with van der Waals surface area (Å²) in [4.78, 5) is 82.5. The maximum atomic E-state index is 11.8. The highest BCUT2D eigenvalue weighted by atomic mass is 16.4. The Morgan fingerprint density at radius 1 is 0.182 bits per heavy atom. The van der Waals surface area contributed by atoms with Gasteiger partial charge in [-0.15, -0.1) is 0 Å². The zero-order valence-electron chi connectivity index (χ0n) is 80.6. The zero-order valence-corrected chi connectivity index (χ0v) is 80.6. The molecule has 16 aromatic carbocycles. The Labute approximate surface area is 850 Å². The van der Waals surface area contributed by atoms with Gasteiger partial charge in [0.05, 0.1) is 112 Å². The summed E-state index contributed by atoms with van der Waals surface area (Å²) in [6, 6.07) is 114. The van der Waals surface area contributed by atoms with Crippen molar-refractivity contribution < 1.29 is 39.6 Å². The van der Waals surface area contributed by atoms with Gasteiger partial charge in [0.25, 0.3) is 0 Å². The molecule has 8 fully saturated rings. The van der Waals surface area contributed by atoms with Gasteiger partial charge in [-0.1, -0.05) is 194 Å². The average Bonchev–Trinajstić information content (AvgIpc) is 0.868. The van der Waals surface area contributed by atoms with Gasteiger partial charge < -0.3 is 86.2 Å². The number of carboxylic acids is 4. The molecule has 0 radical (unpaired) electrons. The van der Waals surface area contributed by atoms with Crippen LogP contribution in [0.5, 0.6) is 0 Å². The Hall–Kier alpha value is -18.3. The molecule has 8 aliphatic carbocycles. The van der Waals surface area contributed by atoms with Crippen LogP contribution in [0.3, 0.4) is 0 Å². The maximum Gasteiger partial charge on any atom is 0.335 e. The third-order valence-electron chi connectivity index (χ3n) is 33.8. The molecule has 8 bridgehead atoms. The van der Waals surface area contributed by atoms with E-state index in [1.54, 1.807) is 48.5 Å². The topological polar surface area (TPSA) is 472 Å². The summed E-state index contributed by atoms with van der Waals surface area (Å²) in [7, 11) is 0. The number of aromatic carboxylic acids is 4. The fraction of sp³-hybridized carbons (Fsp3) is 0.161. The lowest BCUT2D eigenvalue weighted by atomic mass is 9.32. The molecule has 24 N–H and O–H groups in total. The van der Waals surface area contributed by atoms with E-state index in [1.165, 1.54) is 22.3 Å². The number of hydrogen-bond donors (Lipinski definition) is 16. The molecule has 728 valence electrons. The van der Waals surface area contributed by atoms with Crippen LogP contribution in [-0.4, -0.2) is 84.2 Å². The molecule has 0 amide bonds. The van der Waals surface area contributed by atoms with Gasteiger partial charge in [0, 0.05) is 22.3 Å². The van der Waals surface area contributed by atoms with Crippen LogP contribution in [0, 0.1) is 0 Å². The summed E-state index contributed by atoms with van der Waals surface area (Å²) in [5, 5.41) is 38.6. The SMILES string of the molecule is Nc1ccc(-c2ccc3nc(-c4ccc(C56CC7(c8ccc(-c9nc%10ccc(-c%11ccc(N)c(N)c%11)cc%10[nH]9)cc8)CC(c8ccc(-c9nc%10ccc(-c%11ccc(N)c(N)c%11)cc%10[nH]9)cc8)(C5)CC(c5ccc(-c8nc9ccc(-c%10ccc(N)c(N)c%10)cc9[nH]8)cc5)(C6)C7)cc4)[nH]c3c2)cc1N.O=C(O)c1ccc(C23CC4(c5ccc(C(=O)O)cc5)CC(c5ccc(C(=O)O)cc5)(C2)CC(c2ccc(C(=O)O)cc2)(C3)C4)cc1. The van der Waals surface area contributed by atoms with Crippen molar-refractivity contribution in [2.45, 2.75) is 120 Å². The maximum absolute atomic E-state index is 11.8.